The van der Waals surface area contributed by atoms with Gasteiger partial charge in [0.2, 0.25) is 0 Å². The van der Waals surface area contributed by atoms with Crippen molar-refractivity contribution in [2.24, 2.45) is 0 Å². The summed E-state index contributed by atoms with van der Waals surface area (Å²) in [7, 11) is 0. The summed E-state index contributed by atoms with van der Waals surface area (Å²) in [5, 5.41) is 7.70. The van der Waals surface area contributed by atoms with Crippen LogP contribution in [-0.4, -0.2) is 9.78 Å². The molecule has 96 valence electrons. The van der Waals surface area contributed by atoms with Crippen molar-refractivity contribution in [3.8, 4) is 0 Å². The van der Waals surface area contributed by atoms with Crippen molar-refractivity contribution in [2.45, 2.75) is 26.4 Å². The molecule has 0 radical (unpaired) electrons. The standard InChI is InChI=1S/C13H15Br2N3/c1-2-5-18-9-10(8-17-18)7-16-13-4-3-11(14)6-12(13)15/h3-4,6,8-9,16H,2,5,7H2,1H3. The topological polar surface area (TPSA) is 29.9 Å². The molecule has 0 saturated carbocycles. The quantitative estimate of drug-likeness (QED) is 0.841. The molecule has 2 rings (SSSR count). The van der Waals surface area contributed by atoms with Gasteiger partial charge in [-0.05, 0) is 40.5 Å². The summed E-state index contributed by atoms with van der Waals surface area (Å²) in [6, 6.07) is 6.10. The van der Waals surface area contributed by atoms with Gasteiger partial charge in [0, 0.05) is 39.5 Å². The molecule has 1 N–H and O–H groups in total. The third-order valence-corrected chi connectivity index (χ3v) is 3.70. The molecule has 0 aliphatic rings. The highest BCUT2D eigenvalue weighted by atomic mass is 79.9. The highest BCUT2D eigenvalue weighted by Gasteiger charge is 2.02. The first-order valence-electron chi connectivity index (χ1n) is 5.89. The molecule has 2 aromatic rings. The molecule has 1 aromatic heterocycles. The zero-order valence-corrected chi connectivity index (χ0v) is 13.3. The van der Waals surface area contributed by atoms with Crippen LogP contribution < -0.4 is 5.32 Å². The van der Waals surface area contributed by atoms with Crippen molar-refractivity contribution in [3.05, 3.63) is 45.1 Å². The lowest BCUT2D eigenvalue weighted by molar-refractivity contribution is 0.602. The van der Waals surface area contributed by atoms with Crippen LogP contribution in [0.15, 0.2) is 39.5 Å². The summed E-state index contributed by atoms with van der Waals surface area (Å²) in [4.78, 5) is 0. The second-order valence-electron chi connectivity index (χ2n) is 4.09. The van der Waals surface area contributed by atoms with Crippen LogP contribution in [0.25, 0.3) is 0 Å². The van der Waals surface area contributed by atoms with E-state index in [0.717, 1.165) is 34.1 Å². The molecule has 3 nitrogen and oxygen atoms in total. The van der Waals surface area contributed by atoms with Crippen molar-refractivity contribution >= 4 is 37.5 Å². The van der Waals surface area contributed by atoms with Crippen LogP contribution >= 0.6 is 31.9 Å². The zero-order chi connectivity index (χ0) is 13.0. The first-order chi connectivity index (χ1) is 8.69. The molecular weight excluding hydrogens is 358 g/mol. The van der Waals surface area contributed by atoms with E-state index in [1.807, 2.05) is 29.1 Å². The van der Waals surface area contributed by atoms with Crippen molar-refractivity contribution in [1.29, 1.82) is 0 Å². The number of halogens is 2. The van der Waals surface area contributed by atoms with Crippen LogP contribution in [0.1, 0.15) is 18.9 Å². The van der Waals surface area contributed by atoms with Crippen molar-refractivity contribution in [1.82, 2.24) is 9.78 Å². The second-order valence-corrected chi connectivity index (χ2v) is 5.86. The zero-order valence-electron chi connectivity index (χ0n) is 10.2. The summed E-state index contributed by atoms with van der Waals surface area (Å²) < 4.78 is 4.10. The van der Waals surface area contributed by atoms with Gasteiger partial charge in [0.1, 0.15) is 0 Å². The molecule has 0 fully saturated rings. The Kier molecular flexibility index (Phi) is 4.83. The Morgan fingerprint density at radius 3 is 2.89 bits per heavy atom. The van der Waals surface area contributed by atoms with E-state index in [9.17, 15) is 0 Å². The molecule has 18 heavy (non-hydrogen) atoms. The molecule has 1 heterocycles. The van der Waals surface area contributed by atoms with Gasteiger partial charge in [-0.3, -0.25) is 4.68 Å². The maximum absolute atomic E-state index is 4.31. The number of aromatic nitrogens is 2. The third kappa shape index (κ3) is 3.59. The third-order valence-electron chi connectivity index (χ3n) is 2.55. The van der Waals surface area contributed by atoms with Crippen molar-refractivity contribution in [2.75, 3.05) is 5.32 Å². The lowest BCUT2D eigenvalue weighted by atomic mass is 10.3. The molecule has 0 atom stereocenters. The predicted molar refractivity (Wildman–Crippen MR) is 81.7 cm³/mol. The molecule has 0 bridgehead atoms. The van der Waals surface area contributed by atoms with Crippen LogP contribution in [0.3, 0.4) is 0 Å². The SMILES string of the molecule is CCCn1cc(CNc2ccc(Br)cc2Br)cn1. The minimum atomic E-state index is 0.782. The van der Waals surface area contributed by atoms with Gasteiger partial charge in [-0.25, -0.2) is 0 Å². The molecule has 0 aliphatic heterocycles. The van der Waals surface area contributed by atoms with Crippen molar-refractivity contribution < 1.29 is 0 Å². The van der Waals surface area contributed by atoms with Gasteiger partial charge in [-0.1, -0.05) is 22.9 Å². The van der Waals surface area contributed by atoms with E-state index < -0.39 is 0 Å². The fourth-order valence-electron chi connectivity index (χ4n) is 1.68. The number of rotatable bonds is 5. The van der Waals surface area contributed by atoms with E-state index in [2.05, 4.69) is 55.4 Å². The van der Waals surface area contributed by atoms with Crippen molar-refractivity contribution in [3.63, 3.8) is 0 Å². The highest BCUT2D eigenvalue weighted by Crippen LogP contribution is 2.26. The second kappa shape index (κ2) is 6.38. The van der Waals surface area contributed by atoms with Gasteiger partial charge in [0.25, 0.3) is 0 Å². The van der Waals surface area contributed by atoms with E-state index in [1.54, 1.807) is 0 Å². The Balaban J connectivity index is 1.97. The summed E-state index contributed by atoms with van der Waals surface area (Å²) in [5.74, 6) is 0. The number of nitrogens with one attached hydrogen (secondary N) is 1. The largest absolute Gasteiger partial charge is 0.380 e. The number of hydrogen-bond acceptors (Lipinski definition) is 2. The van der Waals surface area contributed by atoms with Gasteiger partial charge in [-0.15, -0.1) is 0 Å². The molecule has 0 spiro atoms. The minimum Gasteiger partial charge on any atom is -0.380 e. The molecule has 5 heteroatoms. The van der Waals surface area contributed by atoms with E-state index in [1.165, 1.54) is 5.56 Å². The number of nitrogens with zero attached hydrogens (tertiary/aromatic N) is 2. The van der Waals surface area contributed by atoms with E-state index >= 15 is 0 Å². The Hall–Kier alpha value is -0.810. The Labute approximate surface area is 124 Å². The van der Waals surface area contributed by atoms with Gasteiger partial charge in [0.05, 0.1) is 6.20 Å². The molecule has 0 saturated heterocycles. The average molecular weight is 373 g/mol. The Morgan fingerprint density at radius 1 is 1.33 bits per heavy atom. The fraction of sp³-hybridized carbons (Fsp3) is 0.308. The Morgan fingerprint density at radius 2 is 2.17 bits per heavy atom. The van der Waals surface area contributed by atoms with Crippen LogP contribution in [-0.2, 0) is 13.1 Å². The van der Waals surface area contributed by atoms with E-state index in [-0.39, 0.29) is 0 Å². The number of hydrogen-bond donors (Lipinski definition) is 1. The van der Waals surface area contributed by atoms with Gasteiger partial charge in [-0.2, -0.15) is 5.10 Å². The van der Waals surface area contributed by atoms with Gasteiger partial charge >= 0.3 is 0 Å². The van der Waals surface area contributed by atoms with E-state index in [4.69, 9.17) is 0 Å². The highest BCUT2D eigenvalue weighted by molar-refractivity contribution is 9.11. The van der Waals surface area contributed by atoms with Crippen LogP contribution in [0.5, 0.6) is 0 Å². The molecular formula is C13H15Br2N3. The summed E-state index contributed by atoms with van der Waals surface area (Å²) in [6.07, 6.45) is 5.10. The number of benzene rings is 1. The smallest absolute Gasteiger partial charge is 0.0539 e. The first kappa shape index (κ1) is 13.6. The summed E-state index contributed by atoms with van der Waals surface area (Å²) in [6.45, 7) is 3.91. The fourth-order valence-corrected chi connectivity index (χ4v) is 2.87. The van der Waals surface area contributed by atoms with Gasteiger partial charge < -0.3 is 5.32 Å². The van der Waals surface area contributed by atoms with Crippen LogP contribution in [0, 0.1) is 0 Å². The monoisotopic (exact) mass is 371 g/mol. The minimum absolute atomic E-state index is 0.782. The van der Waals surface area contributed by atoms with Crippen LogP contribution in [0.2, 0.25) is 0 Å². The molecule has 0 amide bonds. The first-order valence-corrected chi connectivity index (χ1v) is 7.48. The lowest BCUT2D eigenvalue weighted by Crippen LogP contribution is -1.99. The Bertz CT molecular complexity index is 523. The van der Waals surface area contributed by atoms with E-state index in [0.29, 0.717) is 0 Å². The normalized spacial score (nSPS) is 10.6. The maximum Gasteiger partial charge on any atom is 0.0539 e. The predicted octanol–water partition coefficient (Wildman–Crippen LogP) is 4.43. The molecule has 0 unspecified atom stereocenters. The van der Waals surface area contributed by atoms with Gasteiger partial charge in [0.15, 0.2) is 0 Å². The molecule has 1 aromatic carbocycles. The summed E-state index contributed by atoms with van der Waals surface area (Å²) in [5.41, 5.74) is 2.28. The lowest BCUT2D eigenvalue weighted by Gasteiger charge is -2.07. The maximum atomic E-state index is 4.31. The van der Waals surface area contributed by atoms with Crippen LogP contribution in [0.4, 0.5) is 5.69 Å². The summed E-state index contributed by atoms with van der Waals surface area (Å²) >= 11 is 6.98. The average Bonchev–Trinajstić information content (AvgIpc) is 2.76. The molecule has 0 aliphatic carbocycles. The number of aryl methyl sites for hydroxylation is 1. The number of anilines is 1.